The Morgan fingerprint density at radius 1 is 1.59 bits per heavy atom. The summed E-state index contributed by atoms with van der Waals surface area (Å²) >= 11 is 0. The molecule has 1 rings (SSSR count). The van der Waals surface area contributed by atoms with Gasteiger partial charge >= 0.3 is 5.97 Å². The molecule has 0 unspecified atom stereocenters. The van der Waals surface area contributed by atoms with E-state index in [9.17, 15) is 9.59 Å². The molecular formula is C11H11N3O3. The summed E-state index contributed by atoms with van der Waals surface area (Å²) in [5, 5.41) is 11.1. The van der Waals surface area contributed by atoms with Gasteiger partial charge in [0.25, 0.3) is 0 Å². The lowest BCUT2D eigenvalue weighted by molar-refractivity contribution is -0.145. The second-order valence-electron chi connectivity index (χ2n) is 3.04. The molecule has 1 heterocycles. The van der Waals surface area contributed by atoms with Gasteiger partial charge in [-0.05, 0) is 19.1 Å². The van der Waals surface area contributed by atoms with Crippen molar-refractivity contribution >= 4 is 17.7 Å². The van der Waals surface area contributed by atoms with Crippen molar-refractivity contribution < 1.29 is 14.3 Å². The van der Waals surface area contributed by atoms with E-state index in [1.807, 2.05) is 6.07 Å². The van der Waals surface area contributed by atoms with Crippen molar-refractivity contribution in [2.45, 2.75) is 13.3 Å². The number of carbonyl (C=O) groups excluding carboxylic acids is 2. The molecule has 0 spiro atoms. The number of anilines is 1. The van der Waals surface area contributed by atoms with Crippen molar-refractivity contribution in [2.24, 2.45) is 0 Å². The van der Waals surface area contributed by atoms with Gasteiger partial charge in [0.15, 0.2) is 0 Å². The maximum atomic E-state index is 11.4. The fourth-order valence-corrected chi connectivity index (χ4v) is 1.11. The largest absolute Gasteiger partial charge is 0.466 e. The lowest BCUT2D eigenvalue weighted by Crippen LogP contribution is -2.19. The number of ether oxygens (including phenoxy) is 1. The first kappa shape index (κ1) is 12.6. The van der Waals surface area contributed by atoms with Gasteiger partial charge in [-0.25, -0.2) is 4.98 Å². The molecule has 0 aliphatic heterocycles. The van der Waals surface area contributed by atoms with Crippen molar-refractivity contribution in [1.29, 1.82) is 5.26 Å². The first-order valence-electron chi connectivity index (χ1n) is 4.98. The molecule has 6 nitrogen and oxygen atoms in total. The van der Waals surface area contributed by atoms with Gasteiger partial charge in [0.1, 0.15) is 18.3 Å². The number of aromatic nitrogens is 1. The average molecular weight is 233 g/mol. The Balaban J connectivity index is 2.63. The third-order valence-corrected chi connectivity index (χ3v) is 1.80. The number of hydrogen-bond acceptors (Lipinski definition) is 5. The van der Waals surface area contributed by atoms with Gasteiger partial charge in [0, 0.05) is 6.20 Å². The summed E-state index contributed by atoms with van der Waals surface area (Å²) in [5.41, 5.74) is 0.240. The van der Waals surface area contributed by atoms with Crippen LogP contribution in [0.4, 0.5) is 5.82 Å². The molecule has 17 heavy (non-hydrogen) atoms. The van der Waals surface area contributed by atoms with Crippen LogP contribution in [-0.2, 0) is 14.3 Å². The smallest absolute Gasteiger partial charge is 0.315 e. The summed E-state index contributed by atoms with van der Waals surface area (Å²) < 4.78 is 4.62. The lowest BCUT2D eigenvalue weighted by Gasteiger charge is -2.05. The maximum absolute atomic E-state index is 11.4. The van der Waals surface area contributed by atoms with Gasteiger partial charge in [-0.15, -0.1) is 0 Å². The molecule has 0 atom stereocenters. The Labute approximate surface area is 98.2 Å². The summed E-state index contributed by atoms with van der Waals surface area (Å²) in [4.78, 5) is 26.3. The Morgan fingerprint density at radius 2 is 2.35 bits per heavy atom. The number of nitrogens with zero attached hydrogens (tertiary/aromatic N) is 2. The predicted molar refractivity (Wildman–Crippen MR) is 58.8 cm³/mol. The molecule has 0 saturated carbocycles. The number of amides is 1. The molecule has 88 valence electrons. The molecule has 0 aliphatic rings. The zero-order valence-corrected chi connectivity index (χ0v) is 9.27. The Morgan fingerprint density at radius 3 is 3.00 bits per heavy atom. The Kier molecular flexibility index (Phi) is 4.63. The minimum Gasteiger partial charge on any atom is -0.466 e. The summed E-state index contributed by atoms with van der Waals surface area (Å²) in [6.07, 6.45) is 1.05. The molecule has 1 aromatic rings. The van der Waals surface area contributed by atoms with E-state index in [4.69, 9.17) is 5.26 Å². The highest BCUT2D eigenvalue weighted by Gasteiger charge is 2.12. The van der Waals surface area contributed by atoms with E-state index in [1.54, 1.807) is 13.0 Å². The highest BCUT2D eigenvalue weighted by atomic mass is 16.5. The van der Waals surface area contributed by atoms with Gasteiger partial charge in [-0.3, -0.25) is 9.59 Å². The van der Waals surface area contributed by atoms with Gasteiger partial charge in [0.05, 0.1) is 12.2 Å². The fourth-order valence-electron chi connectivity index (χ4n) is 1.11. The topological polar surface area (TPSA) is 92.1 Å². The van der Waals surface area contributed by atoms with E-state index >= 15 is 0 Å². The van der Waals surface area contributed by atoms with Crippen LogP contribution in [0, 0.1) is 11.3 Å². The van der Waals surface area contributed by atoms with Crippen LogP contribution in [0.15, 0.2) is 18.3 Å². The van der Waals surface area contributed by atoms with Gasteiger partial charge in [0.2, 0.25) is 5.91 Å². The Bertz CT molecular complexity index is 465. The van der Waals surface area contributed by atoms with E-state index in [-0.39, 0.29) is 18.0 Å². The number of pyridine rings is 1. The standard InChI is InChI=1S/C11H11N3O3/c1-2-17-10(16)6-9(15)14-11-8(7-12)4-3-5-13-11/h3-5H,2,6H2,1H3,(H,13,14,15). The third kappa shape index (κ3) is 3.91. The highest BCUT2D eigenvalue weighted by Crippen LogP contribution is 2.09. The minimum absolute atomic E-state index is 0.143. The minimum atomic E-state index is -0.612. The lowest BCUT2D eigenvalue weighted by atomic mass is 10.3. The average Bonchev–Trinajstić information content (AvgIpc) is 2.29. The summed E-state index contributed by atoms with van der Waals surface area (Å²) in [6, 6.07) is 4.99. The quantitative estimate of drug-likeness (QED) is 0.614. The normalized spacial score (nSPS) is 9.18. The van der Waals surface area contributed by atoms with Crippen LogP contribution >= 0.6 is 0 Å². The SMILES string of the molecule is CCOC(=O)CC(=O)Nc1ncccc1C#N. The predicted octanol–water partition coefficient (Wildman–Crippen LogP) is 0.845. The van der Waals surface area contributed by atoms with Crippen LogP contribution in [0.5, 0.6) is 0 Å². The molecule has 1 amide bonds. The van der Waals surface area contributed by atoms with E-state index in [1.165, 1.54) is 12.3 Å². The zero-order valence-electron chi connectivity index (χ0n) is 9.27. The van der Waals surface area contributed by atoms with E-state index < -0.39 is 18.3 Å². The number of hydrogen-bond donors (Lipinski definition) is 1. The van der Waals surface area contributed by atoms with Crippen molar-refractivity contribution in [3.05, 3.63) is 23.9 Å². The molecular weight excluding hydrogens is 222 g/mol. The number of esters is 1. The molecule has 0 saturated heterocycles. The van der Waals surface area contributed by atoms with Crippen LogP contribution in [0.1, 0.15) is 18.9 Å². The molecule has 0 aliphatic carbocycles. The third-order valence-electron chi connectivity index (χ3n) is 1.80. The second kappa shape index (κ2) is 6.23. The van der Waals surface area contributed by atoms with Crippen LogP contribution < -0.4 is 5.32 Å². The van der Waals surface area contributed by atoms with Crippen LogP contribution in [0.2, 0.25) is 0 Å². The Hall–Kier alpha value is -2.42. The molecule has 0 bridgehead atoms. The summed E-state index contributed by atoms with van der Waals surface area (Å²) in [7, 11) is 0. The fraction of sp³-hybridized carbons (Fsp3) is 0.273. The molecule has 6 heteroatoms. The highest BCUT2D eigenvalue weighted by molar-refractivity contribution is 6.01. The molecule has 1 aromatic heterocycles. The summed E-state index contributed by atoms with van der Waals surface area (Å²) in [5.74, 6) is -1.03. The van der Waals surface area contributed by atoms with Crippen molar-refractivity contribution in [2.75, 3.05) is 11.9 Å². The zero-order chi connectivity index (χ0) is 12.7. The molecule has 1 N–H and O–H groups in total. The van der Waals surface area contributed by atoms with E-state index in [0.717, 1.165) is 0 Å². The number of rotatable bonds is 4. The monoisotopic (exact) mass is 233 g/mol. The van der Waals surface area contributed by atoms with Crippen molar-refractivity contribution in [3.8, 4) is 6.07 Å². The molecule has 0 radical (unpaired) electrons. The molecule has 0 fully saturated rings. The van der Waals surface area contributed by atoms with Crippen LogP contribution in [0.25, 0.3) is 0 Å². The number of carbonyl (C=O) groups is 2. The number of nitriles is 1. The number of nitrogens with one attached hydrogen (secondary N) is 1. The van der Waals surface area contributed by atoms with Gasteiger partial charge in [-0.2, -0.15) is 5.26 Å². The van der Waals surface area contributed by atoms with Crippen molar-refractivity contribution in [1.82, 2.24) is 4.98 Å². The van der Waals surface area contributed by atoms with Gasteiger partial charge < -0.3 is 10.1 Å². The van der Waals surface area contributed by atoms with Crippen LogP contribution in [-0.4, -0.2) is 23.5 Å². The first-order valence-corrected chi connectivity index (χ1v) is 4.98. The van der Waals surface area contributed by atoms with Crippen molar-refractivity contribution in [3.63, 3.8) is 0 Å². The molecule has 0 aromatic carbocycles. The van der Waals surface area contributed by atoms with Gasteiger partial charge in [-0.1, -0.05) is 0 Å². The van der Waals surface area contributed by atoms with E-state index in [2.05, 4.69) is 15.0 Å². The summed E-state index contributed by atoms with van der Waals surface area (Å²) in [6.45, 7) is 1.88. The maximum Gasteiger partial charge on any atom is 0.315 e. The second-order valence-corrected chi connectivity index (χ2v) is 3.04. The first-order chi connectivity index (χ1) is 8.17. The van der Waals surface area contributed by atoms with Crippen LogP contribution in [0.3, 0.4) is 0 Å². The van der Waals surface area contributed by atoms with E-state index in [0.29, 0.717) is 0 Å².